The molecule has 0 spiro atoms. The minimum absolute atomic E-state index is 0.0670. The van der Waals surface area contributed by atoms with E-state index in [4.69, 9.17) is 16.3 Å². The van der Waals surface area contributed by atoms with Crippen molar-refractivity contribution in [2.45, 2.75) is 19.9 Å². The third-order valence-electron chi connectivity index (χ3n) is 3.40. The third-order valence-corrected chi connectivity index (χ3v) is 4.56. The first-order chi connectivity index (χ1) is 11.4. The molecule has 0 aliphatic heterocycles. The van der Waals surface area contributed by atoms with Gasteiger partial charge in [-0.1, -0.05) is 31.5 Å². The number of hydrogen-bond acceptors (Lipinski definition) is 4. The van der Waals surface area contributed by atoms with Gasteiger partial charge >= 0.3 is 0 Å². The zero-order valence-corrected chi connectivity index (χ0v) is 15.2. The highest BCUT2D eigenvalue weighted by molar-refractivity contribution is 7.12. The van der Waals surface area contributed by atoms with Crippen molar-refractivity contribution in [2.75, 3.05) is 12.4 Å². The van der Waals surface area contributed by atoms with Gasteiger partial charge in [0.2, 0.25) is 5.91 Å². The predicted octanol–water partition coefficient (Wildman–Crippen LogP) is 3.80. The Bertz CT molecular complexity index is 717. The second-order valence-electron chi connectivity index (χ2n) is 5.51. The standard InChI is InChI=1S/C17H19ClN2O3S/c1-10(2)15(20-16(21)14-5-4-8-24-14)17(22)19-11-6-7-13(23-3)12(18)9-11/h4-10,15H,1-3H3,(H,19,22)(H,20,21)/t15-/m0/s1. The molecule has 2 aromatic rings. The smallest absolute Gasteiger partial charge is 0.262 e. The number of carbonyl (C=O) groups is 2. The van der Waals surface area contributed by atoms with Crippen LogP contribution in [0.1, 0.15) is 23.5 Å². The van der Waals surface area contributed by atoms with Crippen LogP contribution in [0.25, 0.3) is 0 Å². The fourth-order valence-electron chi connectivity index (χ4n) is 2.12. The molecule has 0 unspecified atom stereocenters. The number of amides is 2. The minimum Gasteiger partial charge on any atom is -0.495 e. The maximum atomic E-state index is 12.5. The van der Waals surface area contributed by atoms with Crippen molar-refractivity contribution in [1.29, 1.82) is 0 Å². The molecule has 5 nitrogen and oxygen atoms in total. The molecule has 0 fully saturated rings. The van der Waals surface area contributed by atoms with E-state index in [9.17, 15) is 9.59 Å². The molecule has 0 saturated heterocycles. The van der Waals surface area contributed by atoms with Crippen LogP contribution in [0.4, 0.5) is 5.69 Å². The summed E-state index contributed by atoms with van der Waals surface area (Å²) in [5.74, 6) is -0.0912. The van der Waals surface area contributed by atoms with E-state index in [0.717, 1.165) is 0 Å². The van der Waals surface area contributed by atoms with Gasteiger partial charge in [-0.15, -0.1) is 11.3 Å². The molecule has 0 saturated carbocycles. The molecular weight excluding hydrogens is 348 g/mol. The Morgan fingerprint density at radius 1 is 1.25 bits per heavy atom. The third kappa shape index (κ3) is 4.49. The van der Waals surface area contributed by atoms with Crippen LogP contribution in [0.2, 0.25) is 5.02 Å². The van der Waals surface area contributed by atoms with Crippen LogP contribution in [0, 0.1) is 5.92 Å². The van der Waals surface area contributed by atoms with E-state index in [0.29, 0.717) is 21.3 Å². The van der Waals surface area contributed by atoms with Gasteiger partial charge in [0.1, 0.15) is 11.8 Å². The SMILES string of the molecule is COc1ccc(NC(=O)[C@@H](NC(=O)c2cccs2)C(C)C)cc1Cl. The van der Waals surface area contributed by atoms with Gasteiger partial charge in [0.25, 0.3) is 5.91 Å². The van der Waals surface area contributed by atoms with Crippen molar-refractivity contribution >= 4 is 40.4 Å². The fourth-order valence-corrected chi connectivity index (χ4v) is 3.00. The van der Waals surface area contributed by atoms with Crippen LogP contribution in [0.5, 0.6) is 5.75 Å². The minimum atomic E-state index is -0.652. The number of thiophene rings is 1. The monoisotopic (exact) mass is 366 g/mol. The normalized spacial score (nSPS) is 11.9. The first-order valence-corrected chi connectivity index (χ1v) is 8.67. The molecule has 24 heavy (non-hydrogen) atoms. The Balaban J connectivity index is 2.09. The molecule has 2 amide bonds. The molecule has 1 aromatic carbocycles. The lowest BCUT2D eigenvalue weighted by molar-refractivity contribution is -0.118. The predicted molar refractivity (Wildman–Crippen MR) is 97.0 cm³/mol. The van der Waals surface area contributed by atoms with Crippen molar-refractivity contribution in [2.24, 2.45) is 5.92 Å². The number of benzene rings is 1. The molecular formula is C17H19ClN2O3S. The fraction of sp³-hybridized carbons (Fsp3) is 0.294. The Labute approximate surface area is 150 Å². The van der Waals surface area contributed by atoms with Gasteiger partial charge in [-0.05, 0) is 35.6 Å². The van der Waals surface area contributed by atoms with Gasteiger partial charge in [0.15, 0.2) is 0 Å². The molecule has 7 heteroatoms. The summed E-state index contributed by atoms with van der Waals surface area (Å²) in [5, 5.41) is 7.77. The number of anilines is 1. The lowest BCUT2D eigenvalue weighted by atomic mass is 10.0. The summed E-state index contributed by atoms with van der Waals surface area (Å²) in [4.78, 5) is 25.3. The topological polar surface area (TPSA) is 67.4 Å². The van der Waals surface area contributed by atoms with Gasteiger partial charge < -0.3 is 15.4 Å². The summed E-state index contributed by atoms with van der Waals surface area (Å²) in [6.45, 7) is 3.75. The molecule has 2 rings (SSSR count). The number of rotatable bonds is 6. The molecule has 128 valence electrons. The van der Waals surface area contributed by atoms with E-state index in [2.05, 4.69) is 10.6 Å². The average Bonchev–Trinajstić information content (AvgIpc) is 3.06. The second-order valence-corrected chi connectivity index (χ2v) is 6.87. The molecule has 0 radical (unpaired) electrons. The number of nitrogens with one attached hydrogen (secondary N) is 2. The van der Waals surface area contributed by atoms with Crippen LogP contribution in [-0.2, 0) is 4.79 Å². The molecule has 0 aliphatic rings. The first kappa shape index (κ1) is 18.3. The van der Waals surface area contributed by atoms with E-state index in [1.807, 2.05) is 19.2 Å². The van der Waals surface area contributed by atoms with Crippen molar-refractivity contribution < 1.29 is 14.3 Å². The Morgan fingerprint density at radius 2 is 2.00 bits per heavy atom. The molecule has 1 aromatic heterocycles. The van der Waals surface area contributed by atoms with E-state index in [1.165, 1.54) is 18.4 Å². The first-order valence-electron chi connectivity index (χ1n) is 7.41. The maximum absolute atomic E-state index is 12.5. The largest absolute Gasteiger partial charge is 0.495 e. The summed E-state index contributed by atoms with van der Waals surface area (Å²) in [6, 6.07) is 7.84. The van der Waals surface area contributed by atoms with Gasteiger partial charge in [0, 0.05) is 5.69 Å². The van der Waals surface area contributed by atoms with Crippen LogP contribution in [-0.4, -0.2) is 25.0 Å². The van der Waals surface area contributed by atoms with E-state index >= 15 is 0 Å². The maximum Gasteiger partial charge on any atom is 0.262 e. The zero-order valence-electron chi connectivity index (χ0n) is 13.6. The van der Waals surface area contributed by atoms with Gasteiger partial charge in [0.05, 0.1) is 17.0 Å². The molecule has 1 atom stereocenters. The number of hydrogen-bond donors (Lipinski definition) is 2. The molecule has 1 heterocycles. The summed E-state index contributed by atoms with van der Waals surface area (Å²) >= 11 is 7.39. The number of halogens is 1. The van der Waals surface area contributed by atoms with Gasteiger partial charge in [-0.3, -0.25) is 9.59 Å². The lowest BCUT2D eigenvalue weighted by Crippen LogP contribution is -2.46. The van der Waals surface area contributed by atoms with Crippen LogP contribution < -0.4 is 15.4 Å². The highest BCUT2D eigenvalue weighted by Gasteiger charge is 2.25. The Morgan fingerprint density at radius 3 is 2.54 bits per heavy atom. The van der Waals surface area contributed by atoms with E-state index < -0.39 is 6.04 Å². The lowest BCUT2D eigenvalue weighted by Gasteiger charge is -2.21. The highest BCUT2D eigenvalue weighted by Crippen LogP contribution is 2.27. The Kier molecular flexibility index (Phi) is 6.23. The van der Waals surface area contributed by atoms with Gasteiger partial charge in [-0.25, -0.2) is 0 Å². The number of ether oxygens (including phenoxy) is 1. The van der Waals surface area contributed by atoms with Crippen molar-refractivity contribution in [3.05, 3.63) is 45.6 Å². The summed E-state index contributed by atoms with van der Waals surface area (Å²) in [6.07, 6.45) is 0. The quantitative estimate of drug-likeness (QED) is 0.817. The molecule has 0 bridgehead atoms. The highest BCUT2D eigenvalue weighted by atomic mass is 35.5. The van der Waals surface area contributed by atoms with Crippen molar-refractivity contribution in [3.63, 3.8) is 0 Å². The summed E-state index contributed by atoms with van der Waals surface area (Å²) < 4.78 is 5.08. The Hall–Kier alpha value is -2.05. The van der Waals surface area contributed by atoms with E-state index in [-0.39, 0.29) is 17.7 Å². The van der Waals surface area contributed by atoms with E-state index in [1.54, 1.807) is 30.3 Å². The van der Waals surface area contributed by atoms with Crippen LogP contribution in [0.3, 0.4) is 0 Å². The molecule has 0 aliphatic carbocycles. The number of carbonyl (C=O) groups excluding carboxylic acids is 2. The van der Waals surface area contributed by atoms with Crippen LogP contribution in [0.15, 0.2) is 35.7 Å². The van der Waals surface area contributed by atoms with Crippen molar-refractivity contribution in [3.8, 4) is 5.75 Å². The summed E-state index contributed by atoms with van der Waals surface area (Å²) in [7, 11) is 1.52. The second kappa shape index (κ2) is 8.17. The zero-order chi connectivity index (χ0) is 17.7. The summed E-state index contributed by atoms with van der Waals surface area (Å²) in [5.41, 5.74) is 0.543. The van der Waals surface area contributed by atoms with Gasteiger partial charge in [-0.2, -0.15) is 0 Å². The number of methoxy groups -OCH3 is 1. The molecule has 2 N–H and O–H groups in total. The average molecular weight is 367 g/mol. The van der Waals surface area contributed by atoms with Crippen molar-refractivity contribution in [1.82, 2.24) is 5.32 Å². The van der Waals surface area contributed by atoms with Crippen LogP contribution >= 0.6 is 22.9 Å².